The number of carbonyl (C=O) groups excluding carboxylic acids is 1. The summed E-state index contributed by atoms with van der Waals surface area (Å²) in [5, 5.41) is 8.39. The third-order valence-electron chi connectivity index (χ3n) is 1.86. The maximum Gasteiger partial charge on any atom is 0.296 e. The molecule has 5 heteroatoms. The van der Waals surface area contributed by atoms with Crippen LogP contribution in [0.2, 0.25) is 0 Å². The van der Waals surface area contributed by atoms with Crippen LogP contribution in [0.5, 0.6) is 0 Å². The number of aromatic nitrogens is 1. The van der Waals surface area contributed by atoms with Crippen molar-refractivity contribution >= 4 is 5.91 Å². The lowest BCUT2D eigenvalue weighted by atomic mass is 10.2. The summed E-state index contributed by atoms with van der Waals surface area (Å²) in [7, 11) is 0. The molecule has 2 rings (SSSR count). The number of oxazole rings is 1. The number of benzene rings is 1. The summed E-state index contributed by atoms with van der Waals surface area (Å²) in [6, 6.07) is 9.17. The zero-order valence-electron chi connectivity index (χ0n) is 7.68. The third-order valence-corrected chi connectivity index (χ3v) is 1.86. The second kappa shape index (κ2) is 3.93. The molecule has 76 valence electrons. The van der Waals surface area contributed by atoms with E-state index in [1.165, 1.54) is 11.7 Å². The van der Waals surface area contributed by atoms with Gasteiger partial charge in [0.15, 0.2) is 5.69 Å². The molecule has 0 bridgehead atoms. The molecule has 0 fully saturated rings. The van der Waals surface area contributed by atoms with Crippen LogP contribution < -0.4 is 5.48 Å². The zero-order valence-corrected chi connectivity index (χ0v) is 7.68. The maximum atomic E-state index is 11.0. The Morgan fingerprint density at radius 3 is 2.73 bits per heavy atom. The van der Waals surface area contributed by atoms with Crippen molar-refractivity contribution < 1.29 is 14.4 Å². The molecule has 15 heavy (non-hydrogen) atoms. The van der Waals surface area contributed by atoms with E-state index in [1.54, 1.807) is 0 Å². The molecule has 0 saturated carbocycles. The van der Waals surface area contributed by atoms with Gasteiger partial charge in [0.05, 0.1) is 0 Å². The van der Waals surface area contributed by atoms with Crippen molar-refractivity contribution in [1.82, 2.24) is 10.5 Å². The van der Waals surface area contributed by atoms with Crippen LogP contribution in [0.1, 0.15) is 10.5 Å². The fraction of sp³-hybridized carbons (Fsp3) is 0. The van der Waals surface area contributed by atoms with Crippen molar-refractivity contribution in [2.24, 2.45) is 0 Å². The number of rotatable bonds is 2. The van der Waals surface area contributed by atoms with Gasteiger partial charge in [-0.3, -0.25) is 10.0 Å². The van der Waals surface area contributed by atoms with Crippen molar-refractivity contribution in [2.75, 3.05) is 0 Å². The van der Waals surface area contributed by atoms with Gasteiger partial charge < -0.3 is 4.42 Å². The van der Waals surface area contributed by atoms with E-state index in [0.717, 1.165) is 5.56 Å². The Hall–Kier alpha value is -2.14. The van der Waals surface area contributed by atoms with Crippen LogP contribution in [-0.4, -0.2) is 16.1 Å². The maximum absolute atomic E-state index is 11.0. The summed E-state index contributed by atoms with van der Waals surface area (Å²) in [5.74, 6) is -0.352. The van der Waals surface area contributed by atoms with Crippen molar-refractivity contribution in [3.8, 4) is 11.5 Å². The molecule has 1 heterocycles. The molecule has 1 amide bonds. The number of hydrogen-bond donors (Lipinski definition) is 2. The van der Waals surface area contributed by atoms with E-state index >= 15 is 0 Å². The largest absolute Gasteiger partial charge is 0.444 e. The summed E-state index contributed by atoms with van der Waals surface area (Å²) >= 11 is 0. The van der Waals surface area contributed by atoms with Crippen LogP contribution in [0.3, 0.4) is 0 Å². The fourth-order valence-electron chi connectivity index (χ4n) is 1.15. The minimum absolute atomic E-state index is 0.0383. The van der Waals surface area contributed by atoms with E-state index in [0.29, 0.717) is 5.89 Å². The highest BCUT2D eigenvalue weighted by Crippen LogP contribution is 2.17. The van der Waals surface area contributed by atoms with Crippen LogP contribution in [0.4, 0.5) is 0 Å². The number of carbonyl (C=O) groups is 1. The van der Waals surface area contributed by atoms with E-state index in [4.69, 9.17) is 9.62 Å². The van der Waals surface area contributed by atoms with E-state index in [2.05, 4.69) is 4.98 Å². The Kier molecular flexibility index (Phi) is 2.47. The van der Waals surface area contributed by atoms with Gasteiger partial charge in [0.25, 0.3) is 5.91 Å². The van der Waals surface area contributed by atoms with Crippen LogP contribution in [0.15, 0.2) is 41.0 Å². The summed E-state index contributed by atoms with van der Waals surface area (Å²) in [6.45, 7) is 0. The molecular formula is C10H8N2O3. The highest BCUT2D eigenvalue weighted by molar-refractivity contribution is 5.91. The number of amides is 1. The standard InChI is InChI=1S/C10H8N2O3/c13-9(12-14)8-6-15-10(11-8)7-4-2-1-3-5-7/h1-6,14H,(H,12,13). The van der Waals surface area contributed by atoms with Gasteiger partial charge >= 0.3 is 0 Å². The smallest absolute Gasteiger partial charge is 0.296 e. The molecule has 0 aliphatic carbocycles. The van der Waals surface area contributed by atoms with Gasteiger partial charge in [-0.05, 0) is 12.1 Å². The van der Waals surface area contributed by atoms with E-state index in [1.807, 2.05) is 30.3 Å². The van der Waals surface area contributed by atoms with Crippen molar-refractivity contribution in [3.05, 3.63) is 42.3 Å². The van der Waals surface area contributed by atoms with Gasteiger partial charge in [0.1, 0.15) is 6.26 Å². The van der Waals surface area contributed by atoms with Gasteiger partial charge in [-0.1, -0.05) is 18.2 Å². The van der Waals surface area contributed by atoms with Crippen molar-refractivity contribution in [1.29, 1.82) is 0 Å². The molecule has 0 aliphatic heterocycles. The molecule has 0 unspecified atom stereocenters. The molecule has 0 spiro atoms. The second-order valence-electron chi connectivity index (χ2n) is 2.84. The Balaban J connectivity index is 2.32. The number of hydroxylamine groups is 1. The van der Waals surface area contributed by atoms with E-state index in [9.17, 15) is 4.79 Å². The summed E-state index contributed by atoms with van der Waals surface area (Å²) in [6.07, 6.45) is 1.19. The lowest BCUT2D eigenvalue weighted by Crippen LogP contribution is -2.18. The first-order valence-corrected chi connectivity index (χ1v) is 4.26. The van der Waals surface area contributed by atoms with Gasteiger partial charge in [-0.2, -0.15) is 0 Å². The van der Waals surface area contributed by atoms with Crippen LogP contribution in [-0.2, 0) is 0 Å². The zero-order chi connectivity index (χ0) is 10.7. The lowest BCUT2D eigenvalue weighted by molar-refractivity contribution is 0.0700. The predicted octanol–water partition coefficient (Wildman–Crippen LogP) is 1.46. The first kappa shape index (κ1) is 9.42. The first-order valence-electron chi connectivity index (χ1n) is 4.26. The lowest BCUT2D eigenvalue weighted by Gasteiger charge is -1.92. The molecule has 1 aromatic heterocycles. The second-order valence-corrected chi connectivity index (χ2v) is 2.84. The quantitative estimate of drug-likeness (QED) is 0.573. The number of hydrogen-bond acceptors (Lipinski definition) is 4. The van der Waals surface area contributed by atoms with Crippen LogP contribution in [0, 0.1) is 0 Å². The first-order chi connectivity index (χ1) is 7.31. The average molecular weight is 204 g/mol. The molecule has 0 saturated heterocycles. The van der Waals surface area contributed by atoms with Crippen LogP contribution in [0.25, 0.3) is 11.5 Å². The Bertz CT molecular complexity index is 465. The summed E-state index contributed by atoms with van der Waals surface area (Å²) in [5.41, 5.74) is 2.30. The number of nitrogens with one attached hydrogen (secondary N) is 1. The van der Waals surface area contributed by atoms with Crippen LogP contribution >= 0.6 is 0 Å². The molecule has 1 aromatic carbocycles. The molecule has 0 atom stereocenters. The Morgan fingerprint density at radius 1 is 1.33 bits per heavy atom. The Morgan fingerprint density at radius 2 is 2.07 bits per heavy atom. The minimum atomic E-state index is -0.694. The SMILES string of the molecule is O=C(NO)c1coc(-c2ccccc2)n1. The highest BCUT2D eigenvalue weighted by Gasteiger charge is 2.11. The van der Waals surface area contributed by atoms with Crippen molar-refractivity contribution in [3.63, 3.8) is 0 Å². The molecule has 2 N–H and O–H groups in total. The third kappa shape index (κ3) is 1.87. The molecule has 5 nitrogen and oxygen atoms in total. The molecule has 0 radical (unpaired) electrons. The normalized spacial score (nSPS) is 9.93. The predicted molar refractivity (Wildman–Crippen MR) is 51.2 cm³/mol. The number of nitrogens with zero attached hydrogens (tertiary/aromatic N) is 1. The van der Waals surface area contributed by atoms with Crippen molar-refractivity contribution in [2.45, 2.75) is 0 Å². The van der Waals surface area contributed by atoms with E-state index < -0.39 is 5.91 Å². The summed E-state index contributed by atoms with van der Waals surface area (Å²) in [4.78, 5) is 14.9. The molecule has 0 aliphatic rings. The fourth-order valence-corrected chi connectivity index (χ4v) is 1.15. The monoisotopic (exact) mass is 204 g/mol. The molecular weight excluding hydrogens is 196 g/mol. The van der Waals surface area contributed by atoms with Gasteiger partial charge in [-0.15, -0.1) is 0 Å². The van der Waals surface area contributed by atoms with Gasteiger partial charge in [0, 0.05) is 5.56 Å². The van der Waals surface area contributed by atoms with E-state index in [-0.39, 0.29) is 5.69 Å². The van der Waals surface area contributed by atoms with Gasteiger partial charge in [-0.25, -0.2) is 10.5 Å². The van der Waals surface area contributed by atoms with Gasteiger partial charge in [0.2, 0.25) is 5.89 Å². The minimum Gasteiger partial charge on any atom is -0.444 e. The average Bonchev–Trinajstić information content (AvgIpc) is 2.78. The summed E-state index contributed by atoms with van der Waals surface area (Å²) < 4.78 is 5.09. The topological polar surface area (TPSA) is 75.4 Å². The highest BCUT2D eigenvalue weighted by atomic mass is 16.5. The molecule has 2 aromatic rings. The Labute approximate surface area is 85.3 Å².